The molecule has 2 aromatic heterocycles. The van der Waals surface area contributed by atoms with E-state index < -0.39 is 22.6 Å². The molecular weight excluding hydrogens is 368 g/mol. The molecule has 0 radical (unpaired) electrons. The number of nitrogens with zero attached hydrogens (tertiary/aromatic N) is 1. The summed E-state index contributed by atoms with van der Waals surface area (Å²) >= 11 is 5.96. The number of hydrogen-bond donors (Lipinski definition) is 2. The molecule has 0 aliphatic heterocycles. The van der Waals surface area contributed by atoms with E-state index in [1.165, 1.54) is 18.3 Å². The molecule has 0 aliphatic rings. The van der Waals surface area contributed by atoms with Crippen molar-refractivity contribution in [2.75, 3.05) is 10.5 Å². The highest BCUT2D eigenvalue weighted by molar-refractivity contribution is 7.86. The smallest absolute Gasteiger partial charge is 0.153 e. The van der Waals surface area contributed by atoms with Gasteiger partial charge < -0.3 is 9.71 Å². The van der Waals surface area contributed by atoms with E-state index >= 15 is 0 Å². The van der Waals surface area contributed by atoms with E-state index in [0.29, 0.717) is 33.8 Å². The Hall–Kier alpha value is -1.99. The van der Waals surface area contributed by atoms with Gasteiger partial charge in [-0.1, -0.05) is 18.5 Å². The molecule has 0 saturated carbocycles. The summed E-state index contributed by atoms with van der Waals surface area (Å²) in [5, 5.41) is 1.15. The minimum absolute atomic E-state index is 0.0234. The number of hydrogen-bond acceptors (Lipinski definition) is 2. The largest absolute Gasteiger partial charge is 0.346 e. The molecule has 0 spiro atoms. The number of rotatable bonds is 6. The van der Waals surface area contributed by atoms with Crippen LogP contribution < -0.4 is 4.72 Å². The predicted octanol–water partition coefficient (Wildman–Crippen LogP) is 4.57. The molecule has 2 heterocycles. The van der Waals surface area contributed by atoms with Crippen LogP contribution in [0.25, 0.3) is 11.0 Å². The highest BCUT2D eigenvalue weighted by Gasteiger charge is 2.17. The van der Waals surface area contributed by atoms with Gasteiger partial charge in [0.15, 0.2) is 5.82 Å². The molecule has 2 N–H and O–H groups in total. The third-order valence-electron chi connectivity index (χ3n) is 3.75. The van der Waals surface area contributed by atoms with Crippen molar-refractivity contribution in [1.82, 2.24) is 9.97 Å². The molecule has 0 fully saturated rings. The summed E-state index contributed by atoms with van der Waals surface area (Å²) in [6.45, 7) is 1.88. The fourth-order valence-corrected chi connectivity index (χ4v) is 3.60. The summed E-state index contributed by atoms with van der Waals surface area (Å²) in [4.78, 5) is 7.10. The average Bonchev–Trinajstić information content (AvgIpc) is 2.96. The second-order valence-corrected chi connectivity index (χ2v) is 7.32. The van der Waals surface area contributed by atoms with Crippen LogP contribution in [0, 0.1) is 11.6 Å². The van der Waals surface area contributed by atoms with E-state index in [0.717, 1.165) is 0 Å². The molecule has 1 atom stereocenters. The Balaban J connectivity index is 1.96. The third-order valence-corrected chi connectivity index (χ3v) is 5.18. The van der Waals surface area contributed by atoms with E-state index in [1.54, 1.807) is 12.3 Å². The molecule has 8 heteroatoms. The van der Waals surface area contributed by atoms with Gasteiger partial charge in [-0.15, -0.1) is 0 Å². The molecule has 1 aromatic carbocycles. The SMILES string of the molecule is CCCS(=O)Nc1ccc(F)c(Cc2c[nH]c3ncc(Cl)cc23)c1F. The van der Waals surface area contributed by atoms with E-state index in [2.05, 4.69) is 14.7 Å². The van der Waals surface area contributed by atoms with Gasteiger partial charge in [-0.25, -0.2) is 18.0 Å². The Morgan fingerprint density at radius 3 is 2.92 bits per heavy atom. The van der Waals surface area contributed by atoms with Crippen molar-refractivity contribution in [2.45, 2.75) is 19.8 Å². The standard InChI is InChI=1S/C17H16ClF2N3OS/c1-2-5-25(24)23-15-4-3-14(19)13(16(15)20)6-10-8-21-17-12(10)7-11(18)9-22-17/h3-4,7-9,23H,2,5-6H2,1H3,(H,21,22). The minimum Gasteiger partial charge on any atom is -0.346 e. The summed E-state index contributed by atoms with van der Waals surface area (Å²) < 4.78 is 43.3. The number of anilines is 1. The zero-order valence-electron chi connectivity index (χ0n) is 13.4. The van der Waals surface area contributed by atoms with E-state index in [9.17, 15) is 13.0 Å². The van der Waals surface area contributed by atoms with Gasteiger partial charge in [-0.05, 0) is 30.2 Å². The summed E-state index contributed by atoms with van der Waals surface area (Å²) in [7, 11) is -1.41. The van der Waals surface area contributed by atoms with E-state index in [-0.39, 0.29) is 17.7 Å². The first-order chi connectivity index (χ1) is 12.0. The fraction of sp³-hybridized carbons (Fsp3) is 0.235. The fourth-order valence-electron chi connectivity index (χ4n) is 2.57. The Labute approximate surface area is 151 Å². The number of halogens is 3. The maximum atomic E-state index is 14.7. The minimum atomic E-state index is -1.41. The zero-order chi connectivity index (χ0) is 18.0. The highest BCUT2D eigenvalue weighted by Crippen LogP contribution is 2.27. The zero-order valence-corrected chi connectivity index (χ0v) is 15.0. The first-order valence-electron chi connectivity index (χ1n) is 7.73. The molecule has 1 unspecified atom stereocenters. The molecule has 132 valence electrons. The van der Waals surface area contributed by atoms with Gasteiger partial charge in [0, 0.05) is 35.5 Å². The Bertz CT molecular complexity index is 945. The van der Waals surface area contributed by atoms with Gasteiger partial charge in [0.05, 0.1) is 10.7 Å². The van der Waals surface area contributed by atoms with E-state index in [1.807, 2.05) is 6.92 Å². The van der Waals surface area contributed by atoms with Crippen LogP contribution in [0.1, 0.15) is 24.5 Å². The molecule has 0 amide bonds. The molecule has 0 saturated heterocycles. The molecule has 0 bridgehead atoms. The normalized spacial score (nSPS) is 12.5. The first-order valence-corrected chi connectivity index (χ1v) is 9.42. The second kappa shape index (κ2) is 7.49. The maximum absolute atomic E-state index is 14.7. The lowest BCUT2D eigenvalue weighted by atomic mass is 10.0. The molecule has 0 aliphatic carbocycles. The van der Waals surface area contributed by atoms with Gasteiger partial charge in [0.25, 0.3) is 0 Å². The van der Waals surface area contributed by atoms with Gasteiger partial charge in [0.1, 0.15) is 22.5 Å². The van der Waals surface area contributed by atoms with E-state index in [4.69, 9.17) is 11.6 Å². The maximum Gasteiger partial charge on any atom is 0.153 e. The van der Waals surface area contributed by atoms with Crippen molar-refractivity contribution in [3.05, 3.63) is 58.4 Å². The van der Waals surface area contributed by atoms with Crippen LogP contribution in [0.15, 0.2) is 30.6 Å². The van der Waals surface area contributed by atoms with Crippen molar-refractivity contribution in [3.8, 4) is 0 Å². The topological polar surface area (TPSA) is 57.8 Å². The van der Waals surface area contributed by atoms with Gasteiger partial charge in [-0.2, -0.15) is 0 Å². The number of aromatic nitrogens is 2. The van der Waals surface area contributed by atoms with Gasteiger partial charge >= 0.3 is 0 Å². The summed E-state index contributed by atoms with van der Waals surface area (Å²) in [6.07, 6.45) is 3.87. The lowest BCUT2D eigenvalue weighted by Gasteiger charge is -2.11. The number of benzene rings is 1. The van der Waals surface area contributed by atoms with Crippen LogP contribution in [0.5, 0.6) is 0 Å². The van der Waals surface area contributed by atoms with Crippen LogP contribution in [0.3, 0.4) is 0 Å². The van der Waals surface area contributed by atoms with Crippen molar-refractivity contribution in [3.63, 3.8) is 0 Å². The summed E-state index contributed by atoms with van der Waals surface area (Å²) in [5.41, 5.74) is 1.20. The number of H-pyrrole nitrogens is 1. The van der Waals surface area contributed by atoms with Crippen molar-refractivity contribution < 1.29 is 13.0 Å². The number of nitrogens with one attached hydrogen (secondary N) is 2. The first kappa shape index (κ1) is 17.8. The van der Waals surface area contributed by atoms with Crippen molar-refractivity contribution in [2.24, 2.45) is 0 Å². The lowest BCUT2D eigenvalue weighted by Crippen LogP contribution is -2.11. The quantitative estimate of drug-likeness (QED) is 0.655. The average molecular weight is 384 g/mol. The van der Waals surface area contributed by atoms with Crippen LogP contribution >= 0.6 is 11.6 Å². The summed E-state index contributed by atoms with van der Waals surface area (Å²) in [5.74, 6) is -1.01. The van der Waals surface area contributed by atoms with Gasteiger partial charge in [-0.3, -0.25) is 0 Å². The molecule has 3 rings (SSSR count). The Morgan fingerprint density at radius 2 is 2.16 bits per heavy atom. The Morgan fingerprint density at radius 1 is 1.36 bits per heavy atom. The van der Waals surface area contributed by atoms with Crippen molar-refractivity contribution >= 4 is 39.3 Å². The third kappa shape index (κ3) is 3.82. The number of fused-ring (bicyclic) bond motifs is 1. The molecule has 3 aromatic rings. The highest BCUT2D eigenvalue weighted by atomic mass is 35.5. The predicted molar refractivity (Wildman–Crippen MR) is 97.2 cm³/mol. The van der Waals surface area contributed by atoms with Crippen LogP contribution in [0.2, 0.25) is 5.02 Å². The van der Waals surface area contributed by atoms with Crippen LogP contribution in [0.4, 0.5) is 14.5 Å². The monoisotopic (exact) mass is 383 g/mol. The Kier molecular flexibility index (Phi) is 5.34. The summed E-state index contributed by atoms with van der Waals surface area (Å²) in [6, 6.07) is 4.13. The number of pyridine rings is 1. The van der Waals surface area contributed by atoms with Crippen LogP contribution in [-0.4, -0.2) is 19.9 Å². The second-order valence-electron chi connectivity index (χ2n) is 5.58. The molecule has 4 nitrogen and oxygen atoms in total. The van der Waals surface area contributed by atoms with Crippen LogP contribution in [-0.2, 0) is 17.4 Å². The van der Waals surface area contributed by atoms with Crippen molar-refractivity contribution in [1.29, 1.82) is 0 Å². The molecule has 25 heavy (non-hydrogen) atoms. The number of aromatic amines is 1. The van der Waals surface area contributed by atoms with Gasteiger partial charge in [0.2, 0.25) is 0 Å². The lowest BCUT2D eigenvalue weighted by molar-refractivity contribution is 0.564. The molecular formula is C17H16ClF2N3OS.